The van der Waals surface area contributed by atoms with Crippen LogP contribution in [0.15, 0.2) is 12.7 Å². The highest BCUT2D eigenvalue weighted by molar-refractivity contribution is 5.82. The fourth-order valence-corrected chi connectivity index (χ4v) is 1.93. The summed E-state index contributed by atoms with van der Waals surface area (Å²) < 4.78 is 7.02. The van der Waals surface area contributed by atoms with Crippen molar-refractivity contribution in [3.05, 3.63) is 12.7 Å². The van der Waals surface area contributed by atoms with Crippen molar-refractivity contribution >= 4 is 17.0 Å². The highest BCUT2D eigenvalue weighted by Crippen LogP contribution is 2.18. The molecule has 2 aromatic heterocycles. The number of fused-ring (bicyclic) bond motifs is 1. The maximum absolute atomic E-state index is 9.89. The molecule has 0 radical (unpaired) electrons. The van der Waals surface area contributed by atoms with Crippen LogP contribution >= 0.6 is 0 Å². The summed E-state index contributed by atoms with van der Waals surface area (Å²) in [5, 5.41) is 13.1. The van der Waals surface area contributed by atoms with Gasteiger partial charge in [0.2, 0.25) is 0 Å². The first-order chi connectivity index (χ1) is 9.61. The third-order valence-corrected chi connectivity index (χ3v) is 2.75. The van der Waals surface area contributed by atoms with Crippen molar-refractivity contribution in [1.82, 2.24) is 19.5 Å². The van der Waals surface area contributed by atoms with E-state index in [1.54, 1.807) is 6.33 Å². The molecule has 1 atom stereocenters. The molecule has 0 amide bonds. The van der Waals surface area contributed by atoms with Gasteiger partial charge in [-0.05, 0) is 20.8 Å². The molecule has 0 aliphatic rings. The van der Waals surface area contributed by atoms with E-state index in [0.717, 1.165) is 0 Å². The molecule has 2 aromatic rings. The van der Waals surface area contributed by atoms with E-state index < -0.39 is 6.10 Å². The summed E-state index contributed by atoms with van der Waals surface area (Å²) in [6.07, 6.45) is 2.59. The monoisotopic (exact) mass is 279 g/mol. The number of hydrogen-bond acceptors (Lipinski definition) is 6. The zero-order chi connectivity index (χ0) is 14.5. The number of ether oxygens (including phenoxy) is 1. The van der Waals surface area contributed by atoms with Crippen LogP contribution in [0.1, 0.15) is 20.8 Å². The zero-order valence-corrected chi connectivity index (χ0v) is 12.1. The van der Waals surface area contributed by atoms with Gasteiger partial charge in [0.25, 0.3) is 0 Å². The first-order valence-electron chi connectivity index (χ1n) is 6.80. The summed E-state index contributed by atoms with van der Waals surface area (Å²) in [5.41, 5.74) is 1.42. The summed E-state index contributed by atoms with van der Waals surface area (Å²) in [6.45, 7) is 7.27. The van der Waals surface area contributed by atoms with Crippen molar-refractivity contribution in [3.8, 4) is 0 Å². The van der Waals surface area contributed by atoms with E-state index in [4.69, 9.17) is 4.74 Å². The van der Waals surface area contributed by atoms with Crippen LogP contribution < -0.4 is 5.32 Å². The normalized spacial score (nSPS) is 13.1. The molecule has 0 bridgehead atoms. The fraction of sp³-hybridized carbons (Fsp3) is 0.615. The van der Waals surface area contributed by atoms with Gasteiger partial charge in [0, 0.05) is 12.6 Å². The van der Waals surface area contributed by atoms with E-state index in [2.05, 4.69) is 20.3 Å². The Morgan fingerprint density at radius 3 is 2.85 bits per heavy atom. The minimum absolute atomic E-state index is 0.266. The molecule has 0 aliphatic carbocycles. The Kier molecular flexibility index (Phi) is 4.86. The minimum Gasteiger partial charge on any atom is -0.389 e. The molecule has 0 spiro atoms. The number of imidazole rings is 1. The number of rotatable bonds is 7. The second-order valence-electron chi connectivity index (χ2n) is 4.90. The Hall–Kier alpha value is -1.73. The Morgan fingerprint density at radius 2 is 2.15 bits per heavy atom. The Morgan fingerprint density at radius 1 is 1.35 bits per heavy atom. The molecule has 7 nitrogen and oxygen atoms in total. The predicted octanol–water partition coefficient (Wildman–Crippen LogP) is 1.04. The van der Waals surface area contributed by atoms with Gasteiger partial charge in [-0.3, -0.25) is 0 Å². The summed E-state index contributed by atoms with van der Waals surface area (Å²) in [4.78, 5) is 12.8. The van der Waals surface area contributed by atoms with E-state index >= 15 is 0 Å². The van der Waals surface area contributed by atoms with Gasteiger partial charge in [0.05, 0.1) is 25.6 Å². The number of nitrogens with zero attached hydrogens (tertiary/aromatic N) is 4. The SMILES string of the molecule is CCOCC(O)Cn1cnc2c(NC(C)C)ncnc21. The molecule has 2 rings (SSSR count). The molecule has 7 heteroatoms. The molecule has 0 fully saturated rings. The Balaban J connectivity index is 2.19. The minimum atomic E-state index is -0.580. The lowest BCUT2D eigenvalue weighted by atomic mass is 10.3. The first-order valence-corrected chi connectivity index (χ1v) is 6.80. The van der Waals surface area contributed by atoms with Crippen LogP contribution in [0.25, 0.3) is 11.2 Å². The average Bonchev–Trinajstić information content (AvgIpc) is 2.80. The molecular formula is C13H21N5O2. The van der Waals surface area contributed by atoms with Gasteiger partial charge >= 0.3 is 0 Å². The van der Waals surface area contributed by atoms with Gasteiger partial charge in [-0.1, -0.05) is 0 Å². The summed E-state index contributed by atoms with van der Waals surface area (Å²) in [5.74, 6) is 0.711. The van der Waals surface area contributed by atoms with Crippen molar-refractivity contribution in [1.29, 1.82) is 0 Å². The molecule has 110 valence electrons. The zero-order valence-electron chi connectivity index (χ0n) is 12.1. The number of aliphatic hydroxyl groups excluding tert-OH is 1. The topological polar surface area (TPSA) is 85.1 Å². The molecule has 1 unspecified atom stereocenters. The highest BCUT2D eigenvalue weighted by atomic mass is 16.5. The third kappa shape index (κ3) is 3.43. The van der Waals surface area contributed by atoms with Crippen molar-refractivity contribution in [3.63, 3.8) is 0 Å². The fourth-order valence-electron chi connectivity index (χ4n) is 1.93. The molecule has 0 saturated carbocycles. The van der Waals surface area contributed by atoms with E-state index in [9.17, 15) is 5.11 Å². The van der Waals surface area contributed by atoms with Crippen molar-refractivity contribution in [2.75, 3.05) is 18.5 Å². The van der Waals surface area contributed by atoms with Crippen molar-refractivity contribution in [2.24, 2.45) is 0 Å². The maximum Gasteiger partial charge on any atom is 0.165 e. The van der Waals surface area contributed by atoms with Gasteiger partial charge in [-0.2, -0.15) is 0 Å². The summed E-state index contributed by atoms with van der Waals surface area (Å²) in [6, 6.07) is 0.266. The molecule has 20 heavy (non-hydrogen) atoms. The highest BCUT2D eigenvalue weighted by Gasteiger charge is 2.13. The van der Waals surface area contributed by atoms with Gasteiger partial charge in [0.15, 0.2) is 11.5 Å². The largest absolute Gasteiger partial charge is 0.389 e. The van der Waals surface area contributed by atoms with E-state index in [1.807, 2.05) is 25.3 Å². The number of hydrogen-bond donors (Lipinski definition) is 2. The maximum atomic E-state index is 9.89. The number of aromatic nitrogens is 4. The van der Waals surface area contributed by atoms with E-state index in [-0.39, 0.29) is 6.04 Å². The lowest BCUT2D eigenvalue weighted by Gasteiger charge is -2.12. The number of anilines is 1. The van der Waals surface area contributed by atoms with Crippen molar-refractivity contribution in [2.45, 2.75) is 39.5 Å². The van der Waals surface area contributed by atoms with Gasteiger partial charge in [0.1, 0.15) is 11.8 Å². The number of aliphatic hydroxyl groups is 1. The second kappa shape index (κ2) is 6.62. The van der Waals surface area contributed by atoms with Gasteiger partial charge < -0.3 is 19.7 Å². The molecule has 2 heterocycles. The molecule has 0 aromatic carbocycles. The summed E-state index contributed by atoms with van der Waals surface area (Å²) in [7, 11) is 0. The Labute approximate surface area is 118 Å². The molecule has 0 aliphatic heterocycles. The lowest BCUT2D eigenvalue weighted by Crippen LogP contribution is -2.21. The lowest BCUT2D eigenvalue weighted by molar-refractivity contribution is 0.0340. The molecular weight excluding hydrogens is 258 g/mol. The van der Waals surface area contributed by atoms with Crippen LogP contribution in [0.4, 0.5) is 5.82 Å². The first kappa shape index (κ1) is 14.7. The predicted molar refractivity (Wildman–Crippen MR) is 76.6 cm³/mol. The van der Waals surface area contributed by atoms with Crippen LogP contribution in [0, 0.1) is 0 Å². The van der Waals surface area contributed by atoms with E-state index in [0.29, 0.717) is 36.7 Å². The smallest absolute Gasteiger partial charge is 0.165 e. The van der Waals surface area contributed by atoms with E-state index in [1.165, 1.54) is 6.33 Å². The molecule has 0 saturated heterocycles. The third-order valence-electron chi connectivity index (χ3n) is 2.75. The summed E-state index contributed by atoms with van der Waals surface area (Å²) >= 11 is 0. The second-order valence-corrected chi connectivity index (χ2v) is 4.90. The van der Waals surface area contributed by atoms with Crippen LogP contribution in [0.5, 0.6) is 0 Å². The number of nitrogens with one attached hydrogen (secondary N) is 1. The van der Waals surface area contributed by atoms with Crippen LogP contribution in [-0.4, -0.2) is 50.0 Å². The van der Waals surface area contributed by atoms with Crippen LogP contribution in [0.3, 0.4) is 0 Å². The van der Waals surface area contributed by atoms with Gasteiger partial charge in [-0.25, -0.2) is 15.0 Å². The standard InChI is InChI=1S/C13H21N5O2/c1-4-20-6-10(19)5-18-8-16-11-12(17-9(2)3)14-7-15-13(11)18/h7-10,19H,4-6H2,1-3H3,(H,14,15,17). The quantitative estimate of drug-likeness (QED) is 0.788. The average molecular weight is 279 g/mol. The van der Waals surface area contributed by atoms with Crippen molar-refractivity contribution < 1.29 is 9.84 Å². The molecule has 2 N–H and O–H groups in total. The Bertz CT molecular complexity index is 555. The van der Waals surface area contributed by atoms with Crippen LogP contribution in [0.2, 0.25) is 0 Å². The van der Waals surface area contributed by atoms with Gasteiger partial charge in [-0.15, -0.1) is 0 Å². The van der Waals surface area contributed by atoms with Crippen LogP contribution in [-0.2, 0) is 11.3 Å².